The fourth-order valence-corrected chi connectivity index (χ4v) is 2.21. The maximum absolute atomic E-state index is 13.7. The first kappa shape index (κ1) is 16.6. The molecule has 0 spiro atoms. The molecule has 2 aromatic rings. The van der Waals surface area contributed by atoms with Gasteiger partial charge in [0.25, 0.3) is 0 Å². The molecule has 0 bridgehead atoms. The lowest BCUT2D eigenvalue weighted by molar-refractivity contribution is -0.135. The van der Waals surface area contributed by atoms with Gasteiger partial charge < -0.3 is 4.57 Å². The first-order valence-electron chi connectivity index (χ1n) is 7.05. The summed E-state index contributed by atoms with van der Waals surface area (Å²) in [6.45, 7) is 2.20. The van der Waals surface area contributed by atoms with Gasteiger partial charge in [0.15, 0.2) is 0 Å². The lowest BCUT2D eigenvalue weighted by Gasteiger charge is -2.13. The zero-order valence-electron chi connectivity index (χ0n) is 12.9. The van der Waals surface area contributed by atoms with Crippen LogP contribution in [0, 0.1) is 23.1 Å². The zero-order valence-corrected chi connectivity index (χ0v) is 12.9. The van der Waals surface area contributed by atoms with Crippen LogP contribution in [0.1, 0.15) is 23.7 Å². The molecule has 0 aliphatic heterocycles. The van der Waals surface area contributed by atoms with Crippen molar-refractivity contribution >= 4 is 5.91 Å². The number of aromatic nitrogens is 2. The maximum atomic E-state index is 13.7. The van der Waals surface area contributed by atoms with Crippen molar-refractivity contribution in [2.45, 2.75) is 19.9 Å². The van der Waals surface area contributed by atoms with E-state index in [4.69, 9.17) is 5.26 Å². The molecule has 6 nitrogen and oxygen atoms in total. The number of hydrogen-bond donors (Lipinski definition) is 1. The van der Waals surface area contributed by atoms with Gasteiger partial charge in [-0.15, -0.1) is 0 Å². The number of amides is 1. The minimum atomic E-state index is -0.542. The fourth-order valence-electron chi connectivity index (χ4n) is 2.21. The summed E-state index contributed by atoms with van der Waals surface area (Å²) in [6.07, 6.45) is 3.79. The van der Waals surface area contributed by atoms with Gasteiger partial charge >= 0.3 is 0 Å². The van der Waals surface area contributed by atoms with Crippen LogP contribution < -0.4 is 5.48 Å². The van der Waals surface area contributed by atoms with Gasteiger partial charge in [0.1, 0.15) is 11.9 Å². The third-order valence-electron chi connectivity index (χ3n) is 3.47. The van der Waals surface area contributed by atoms with E-state index >= 15 is 0 Å². The number of nitrogens with zero attached hydrogens (tertiary/aromatic N) is 3. The number of rotatable bonds is 6. The molecule has 0 saturated heterocycles. The number of halogens is 1. The predicted molar refractivity (Wildman–Crippen MR) is 80.5 cm³/mol. The highest BCUT2D eigenvalue weighted by Gasteiger charge is 2.16. The van der Waals surface area contributed by atoms with Crippen LogP contribution in [0.4, 0.5) is 4.39 Å². The van der Waals surface area contributed by atoms with E-state index in [9.17, 15) is 9.18 Å². The number of nitriles is 1. The molecule has 0 radical (unpaired) electrons. The minimum absolute atomic E-state index is 0.0180. The molecule has 1 N–H and O–H groups in total. The molecule has 1 heterocycles. The highest BCUT2D eigenvalue weighted by atomic mass is 19.1. The van der Waals surface area contributed by atoms with Crippen molar-refractivity contribution in [2.24, 2.45) is 5.92 Å². The van der Waals surface area contributed by atoms with E-state index in [2.05, 4.69) is 15.3 Å². The molecule has 23 heavy (non-hydrogen) atoms. The number of hydrogen-bond acceptors (Lipinski definition) is 4. The van der Waals surface area contributed by atoms with Gasteiger partial charge in [-0.1, -0.05) is 13.0 Å². The van der Waals surface area contributed by atoms with Crippen molar-refractivity contribution in [3.63, 3.8) is 0 Å². The highest BCUT2D eigenvalue weighted by molar-refractivity contribution is 5.77. The van der Waals surface area contributed by atoms with Crippen LogP contribution in [-0.4, -0.2) is 22.6 Å². The zero-order chi connectivity index (χ0) is 16.8. The Bertz CT molecular complexity index is 736. The summed E-state index contributed by atoms with van der Waals surface area (Å²) < 4.78 is 15.5. The molecule has 0 saturated carbocycles. The third-order valence-corrected chi connectivity index (χ3v) is 3.47. The van der Waals surface area contributed by atoms with Crippen LogP contribution in [0.15, 0.2) is 30.7 Å². The highest BCUT2D eigenvalue weighted by Crippen LogP contribution is 2.14. The number of hydroxylamine groups is 1. The van der Waals surface area contributed by atoms with E-state index in [1.807, 2.05) is 4.57 Å². The SMILES string of the molecule is CONC(=O)C(C)Cc1cncn1Cc1ccc(C#N)c(F)c1. The average Bonchev–Trinajstić information content (AvgIpc) is 2.94. The third kappa shape index (κ3) is 4.14. The minimum Gasteiger partial charge on any atom is -0.330 e. The number of carbonyl (C=O) groups is 1. The summed E-state index contributed by atoms with van der Waals surface area (Å²) in [4.78, 5) is 20.4. The normalized spacial score (nSPS) is 11.7. The molecule has 2 rings (SSSR count). The van der Waals surface area contributed by atoms with Gasteiger partial charge in [-0.3, -0.25) is 9.63 Å². The molecule has 1 unspecified atom stereocenters. The lowest BCUT2D eigenvalue weighted by atomic mass is 10.1. The molecule has 1 amide bonds. The van der Waals surface area contributed by atoms with Crippen molar-refractivity contribution < 1.29 is 14.0 Å². The van der Waals surface area contributed by atoms with Gasteiger partial charge in [0.2, 0.25) is 5.91 Å². The van der Waals surface area contributed by atoms with E-state index in [0.29, 0.717) is 13.0 Å². The summed E-state index contributed by atoms with van der Waals surface area (Å²) >= 11 is 0. The Morgan fingerprint density at radius 2 is 2.35 bits per heavy atom. The molecule has 120 valence electrons. The van der Waals surface area contributed by atoms with Crippen molar-refractivity contribution in [2.75, 3.05) is 7.11 Å². The molecule has 1 aromatic carbocycles. The smallest absolute Gasteiger partial charge is 0.246 e. The van der Waals surface area contributed by atoms with Crippen LogP contribution in [0.25, 0.3) is 0 Å². The Kier molecular flexibility index (Phi) is 5.44. The predicted octanol–water partition coefficient (Wildman–Crippen LogP) is 1.80. The molecular formula is C16H17FN4O2. The van der Waals surface area contributed by atoms with E-state index in [-0.39, 0.29) is 17.4 Å². The van der Waals surface area contributed by atoms with Crippen LogP contribution in [-0.2, 0) is 22.6 Å². The Balaban J connectivity index is 2.11. The van der Waals surface area contributed by atoms with E-state index in [1.165, 1.54) is 19.2 Å². The molecule has 0 fully saturated rings. The van der Waals surface area contributed by atoms with Gasteiger partial charge in [-0.05, 0) is 17.7 Å². The molecule has 0 aliphatic carbocycles. The average molecular weight is 316 g/mol. The van der Waals surface area contributed by atoms with Crippen LogP contribution in [0.5, 0.6) is 0 Å². The summed E-state index contributed by atoms with van der Waals surface area (Å²) in [5.41, 5.74) is 3.89. The van der Waals surface area contributed by atoms with Gasteiger partial charge in [0.05, 0.1) is 19.0 Å². The quantitative estimate of drug-likeness (QED) is 0.824. The second kappa shape index (κ2) is 7.51. The molecule has 7 heteroatoms. The summed E-state index contributed by atoms with van der Waals surface area (Å²) in [5.74, 6) is -1.05. The van der Waals surface area contributed by atoms with Gasteiger partial charge in [0, 0.05) is 30.8 Å². The summed E-state index contributed by atoms with van der Waals surface area (Å²) in [7, 11) is 1.38. The Hall–Kier alpha value is -2.72. The summed E-state index contributed by atoms with van der Waals surface area (Å²) in [6, 6.07) is 6.28. The van der Waals surface area contributed by atoms with E-state index < -0.39 is 5.82 Å². The molecule has 1 atom stereocenters. The largest absolute Gasteiger partial charge is 0.330 e. The number of benzene rings is 1. The number of carbonyl (C=O) groups excluding carboxylic acids is 1. The second-order valence-electron chi connectivity index (χ2n) is 5.21. The Labute approximate surface area is 133 Å². The van der Waals surface area contributed by atoms with Crippen molar-refractivity contribution in [3.05, 3.63) is 53.4 Å². The second-order valence-corrected chi connectivity index (χ2v) is 5.21. The van der Waals surface area contributed by atoms with Crippen molar-refractivity contribution in [3.8, 4) is 6.07 Å². The fraction of sp³-hybridized carbons (Fsp3) is 0.312. The lowest BCUT2D eigenvalue weighted by Crippen LogP contribution is -2.29. The number of imidazole rings is 1. The van der Waals surface area contributed by atoms with Gasteiger partial charge in [-0.25, -0.2) is 14.9 Å². The van der Waals surface area contributed by atoms with Crippen LogP contribution >= 0.6 is 0 Å². The first-order chi connectivity index (χ1) is 11.0. The monoisotopic (exact) mass is 316 g/mol. The van der Waals surface area contributed by atoms with Crippen LogP contribution in [0.3, 0.4) is 0 Å². The first-order valence-corrected chi connectivity index (χ1v) is 7.05. The van der Waals surface area contributed by atoms with Crippen LogP contribution in [0.2, 0.25) is 0 Å². The Morgan fingerprint density at radius 3 is 3.00 bits per heavy atom. The van der Waals surface area contributed by atoms with E-state index in [0.717, 1.165) is 11.3 Å². The summed E-state index contributed by atoms with van der Waals surface area (Å²) in [5, 5.41) is 8.75. The molecule has 0 aliphatic rings. The van der Waals surface area contributed by atoms with Crippen molar-refractivity contribution in [1.29, 1.82) is 5.26 Å². The Morgan fingerprint density at radius 1 is 1.57 bits per heavy atom. The van der Waals surface area contributed by atoms with Gasteiger partial charge in [-0.2, -0.15) is 5.26 Å². The maximum Gasteiger partial charge on any atom is 0.246 e. The number of nitrogens with one attached hydrogen (secondary N) is 1. The topological polar surface area (TPSA) is 79.9 Å². The molecular weight excluding hydrogens is 299 g/mol. The molecule has 1 aromatic heterocycles. The van der Waals surface area contributed by atoms with Crippen molar-refractivity contribution in [1.82, 2.24) is 15.0 Å². The van der Waals surface area contributed by atoms with E-state index in [1.54, 1.807) is 31.6 Å². The standard InChI is InChI=1S/C16H17FN4O2/c1-11(16(22)20-23-2)5-14-8-19-10-21(14)9-12-3-4-13(7-18)15(17)6-12/h3-4,6,8,10-11H,5,9H2,1-2H3,(H,20,22).